The second-order valence-electron chi connectivity index (χ2n) is 3.77. The molecule has 1 aromatic carbocycles. The van der Waals surface area contributed by atoms with Gasteiger partial charge in [0, 0.05) is 0 Å². The van der Waals surface area contributed by atoms with Crippen molar-refractivity contribution in [2.45, 2.75) is 13.8 Å². The Labute approximate surface area is 92.2 Å². The first-order chi connectivity index (χ1) is 7.41. The maximum absolute atomic E-state index is 13.2. The fourth-order valence-electron chi connectivity index (χ4n) is 1.20. The lowest BCUT2D eigenvalue weighted by Gasteiger charge is -2.02. The fraction of sp³-hybridized carbons (Fsp3) is 0.250. The zero-order chi connectivity index (χ0) is 12.3. The number of rotatable bonds is 3. The smallest absolute Gasteiger partial charge is 0.341 e. The molecule has 0 fully saturated rings. The second-order valence-corrected chi connectivity index (χ2v) is 3.77. The Morgan fingerprint density at radius 1 is 1.31 bits per heavy atom. The van der Waals surface area contributed by atoms with Crippen LogP contribution in [0.25, 0.3) is 6.08 Å². The minimum absolute atomic E-state index is 0.255. The molecule has 0 aliphatic heterocycles. The van der Waals surface area contributed by atoms with Crippen LogP contribution in [0.2, 0.25) is 0 Å². The van der Waals surface area contributed by atoms with Gasteiger partial charge in [0.15, 0.2) is 0 Å². The molecule has 0 aromatic heterocycles. The number of carbonyl (C=O) groups is 1. The van der Waals surface area contributed by atoms with Gasteiger partial charge in [0.1, 0.15) is 17.2 Å². The zero-order valence-corrected chi connectivity index (χ0v) is 9.00. The van der Waals surface area contributed by atoms with Crippen molar-refractivity contribution in [3.8, 4) is 0 Å². The van der Waals surface area contributed by atoms with Crippen LogP contribution in [0.5, 0.6) is 0 Å². The maximum Gasteiger partial charge on any atom is 0.341 e. The highest BCUT2D eigenvalue weighted by Crippen LogP contribution is 2.17. The lowest BCUT2D eigenvalue weighted by Crippen LogP contribution is -2.04. The third-order valence-corrected chi connectivity index (χ3v) is 1.95. The van der Waals surface area contributed by atoms with Crippen molar-refractivity contribution in [3.63, 3.8) is 0 Å². The van der Waals surface area contributed by atoms with Gasteiger partial charge < -0.3 is 5.11 Å². The number of allylic oxidation sites excluding steroid dienone is 1. The Morgan fingerprint density at radius 2 is 1.81 bits per heavy atom. The van der Waals surface area contributed by atoms with Gasteiger partial charge in [-0.1, -0.05) is 26.0 Å². The highest BCUT2D eigenvalue weighted by Gasteiger charge is 2.16. The fourth-order valence-corrected chi connectivity index (χ4v) is 1.20. The third kappa shape index (κ3) is 2.89. The SMILES string of the molecule is CC(C)C=Cc1cc(F)c(C(=O)O)c(F)c1. The first-order valence-electron chi connectivity index (χ1n) is 4.82. The van der Waals surface area contributed by atoms with Crippen LogP contribution in [-0.2, 0) is 0 Å². The molecular weight excluding hydrogens is 214 g/mol. The minimum atomic E-state index is -1.60. The molecule has 0 spiro atoms. The predicted molar refractivity (Wildman–Crippen MR) is 57.2 cm³/mol. The average molecular weight is 226 g/mol. The standard InChI is InChI=1S/C12H12F2O2/c1-7(2)3-4-8-5-9(13)11(12(15)16)10(14)6-8/h3-7H,1-2H3,(H,15,16). The molecule has 0 aliphatic rings. The van der Waals surface area contributed by atoms with E-state index in [0.717, 1.165) is 12.1 Å². The van der Waals surface area contributed by atoms with Gasteiger partial charge in [-0.05, 0) is 23.6 Å². The van der Waals surface area contributed by atoms with Crippen molar-refractivity contribution in [1.82, 2.24) is 0 Å². The van der Waals surface area contributed by atoms with E-state index in [0.29, 0.717) is 5.56 Å². The summed E-state index contributed by atoms with van der Waals surface area (Å²) < 4.78 is 26.5. The summed E-state index contributed by atoms with van der Waals surface area (Å²) >= 11 is 0. The van der Waals surface area contributed by atoms with Gasteiger partial charge in [0.2, 0.25) is 0 Å². The van der Waals surface area contributed by atoms with Gasteiger partial charge in [-0.2, -0.15) is 0 Å². The van der Waals surface area contributed by atoms with Crippen LogP contribution >= 0.6 is 0 Å². The van der Waals surface area contributed by atoms with Crippen LogP contribution in [0.15, 0.2) is 18.2 Å². The first kappa shape index (κ1) is 12.4. The Kier molecular flexibility index (Phi) is 3.77. The quantitative estimate of drug-likeness (QED) is 0.858. The monoisotopic (exact) mass is 226 g/mol. The summed E-state index contributed by atoms with van der Waals surface area (Å²) in [6.45, 7) is 3.85. The van der Waals surface area contributed by atoms with Crippen molar-refractivity contribution in [2.75, 3.05) is 0 Å². The summed E-state index contributed by atoms with van der Waals surface area (Å²) in [5, 5.41) is 8.56. The number of halogens is 2. The number of carboxylic acid groups (broad SMARTS) is 1. The van der Waals surface area contributed by atoms with Crippen molar-refractivity contribution in [3.05, 3.63) is 41.0 Å². The molecule has 0 aliphatic carbocycles. The summed E-state index contributed by atoms with van der Waals surface area (Å²) in [5.74, 6) is -3.47. The number of benzene rings is 1. The van der Waals surface area contributed by atoms with Gasteiger partial charge >= 0.3 is 5.97 Å². The number of carboxylic acids is 1. The predicted octanol–water partition coefficient (Wildman–Crippen LogP) is 3.33. The van der Waals surface area contributed by atoms with E-state index in [9.17, 15) is 13.6 Å². The second kappa shape index (κ2) is 4.88. The van der Waals surface area contributed by atoms with Crippen molar-refractivity contribution in [1.29, 1.82) is 0 Å². The molecule has 0 radical (unpaired) electrons. The molecule has 0 heterocycles. The molecule has 4 heteroatoms. The van der Waals surface area contributed by atoms with Crippen molar-refractivity contribution < 1.29 is 18.7 Å². The van der Waals surface area contributed by atoms with Crippen LogP contribution in [-0.4, -0.2) is 11.1 Å². The summed E-state index contributed by atoms with van der Waals surface area (Å²) in [6.07, 6.45) is 3.33. The van der Waals surface area contributed by atoms with E-state index in [1.165, 1.54) is 0 Å². The van der Waals surface area contributed by atoms with Crippen LogP contribution < -0.4 is 0 Å². The zero-order valence-electron chi connectivity index (χ0n) is 9.00. The van der Waals surface area contributed by atoms with E-state index in [4.69, 9.17) is 5.11 Å². The van der Waals surface area contributed by atoms with Crippen LogP contribution in [0.1, 0.15) is 29.8 Å². The normalized spacial score (nSPS) is 11.3. The van der Waals surface area contributed by atoms with Gasteiger partial charge in [-0.15, -0.1) is 0 Å². The highest BCUT2D eigenvalue weighted by molar-refractivity contribution is 5.88. The molecule has 1 N–H and O–H groups in total. The molecular formula is C12H12F2O2. The average Bonchev–Trinajstić information content (AvgIpc) is 2.12. The molecule has 1 rings (SSSR count). The van der Waals surface area contributed by atoms with Gasteiger partial charge in [0.25, 0.3) is 0 Å². The first-order valence-corrected chi connectivity index (χ1v) is 4.82. The van der Waals surface area contributed by atoms with E-state index < -0.39 is 23.2 Å². The Morgan fingerprint density at radius 3 is 2.19 bits per heavy atom. The summed E-state index contributed by atoms with van der Waals surface area (Å²) in [4.78, 5) is 10.5. The summed E-state index contributed by atoms with van der Waals surface area (Å²) in [7, 11) is 0. The van der Waals surface area contributed by atoms with Gasteiger partial charge in [-0.3, -0.25) is 0 Å². The topological polar surface area (TPSA) is 37.3 Å². The largest absolute Gasteiger partial charge is 0.477 e. The molecule has 86 valence electrons. The lowest BCUT2D eigenvalue weighted by atomic mass is 10.1. The minimum Gasteiger partial charge on any atom is -0.477 e. The molecule has 0 atom stereocenters. The Balaban J connectivity index is 3.15. The number of hydrogen-bond donors (Lipinski definition) is 1. The van der Waals surface area contributed by atoms with Crippen molar-refractivity contribution in [2.24, 2.45) is 5.92 Å². The molecule has 1 aromatic rings. The van der Waals surface area contributed by atoms with Crippen molar-refractivity contribution >= 4 is 12.0 Å². The van der Waals surface area contributed by atoms with E-state index in [2.05, 4.69) is 0 Å². The molecule has 2 nitrogen and oxygen atoms in total. The van der Waals surface area contributed by atoms with Crippen LogP contribution in [0.4, 0.5) is 8.78 Å². The number of aromatic carboxylic acids is 1. The molecule has 0 saturated carbocycles. The lowest BCUT2D eigenvalue weighted by molar-refractivity contribution is 0.0686. The summed E-state index contributed by atoms with van der Waals surface area (Å²) in [6, 6.07) is 2.01. The Hall–Kier alpha value is -1.71. The molecule has 0 saturated heterocycles. The van der Waals surface area contributed by atoms with E-state index in [1.807, 2.05) is 13.8 Å². The molecule has 0 bridgehead atoms. The van der Waals surface area contributed by atoms with Crippen LogP contribution in [0.3, 0.4) is 0 Å². The molecule has 16 heavy (non-hydrogen) atoms. The summed E-state index contributed by atoms with van der Waals surface area (Å²) in [5.41, 5.74) is -0.601. The Bertz CT molecular complexity index is 414. The molecule has 0 unspecified atom stereocenters. The number of hydrogen-bond acceptors (Lipinski definition) is 1. The van der Waals surface area contributed by atoms with E-state index >= 15 is 0 Å². The van der Waals surface area contributed by atoms with Gasteiger partial charge in [0.05, 0.1) is 0 Å². The van der Waals surface area contributed by atoms with Gasteiger partial charge in [-0.25, -0.2) is 13.6 Å². The third-order valence-electron chi connectivity index (χ3n) is 1.95. The molecule has 0 amide bonds. The maximum atomic E-state index is 13.2. The van der Waals surface area contributed by atoms with E-state index in [-0.39, 0.29) is 5.92 Å². The highest BCUT2D eigenvalue weighted by atomic mass is 19.1. The van der Waals surface area contributed by atoms with E-state index in [1.54, 1.807) is 12.2 Å². The van der Waals surface area contributed by atoms with Crippen LogP contribution in [0, 0.1) is 17.6 Å².